The van der Waals surface area contributed by atoms with E-state index in [4.69, 9.17) is 0 Å². The first-order valence-electron chi connectivity index (χ1n) is 7.38. The van der Waals surface area contributed by atoms with Gasteiger partial charge in [0.1, 0.15) is 0 Å². The topological polar surface area (TPSA) is 54.2 Å². The summed E-state index contributed by atoms with van der Waals surface area (Å²) < 4.78 is 2.18. The van der Waals surface area contributed by atoms with Crippen molar-refractivity contribution in [3.8, 4) is 0 Å². The van der Waals surface area contributed by atoms with Gasteiger partial charge >= 0.3 is 0 Å². The Labute approximate surface area is 125 Å². The zero-order valence-corrected chi connectivity index (χ0v) is 12.5. The zero-order chi connectivity index (χ0) is 14.9. The lowest BCUT2D eigenvalue weighted by molar-refractivity contribution is 0.663. The number of rotatable bonds is 7. The van der Waals surface area contributed by atoms with Crippen LogP contribution in [0.1, 0.15) is 13.3 Å². The molecule has 0 saturated heterocycles. The van der Waals surface area contributed by atoms with Gasteiger partial charge in [-0.05, 0) is 25.5 Å². The third-order valence-electron chi connectivity index (χ3n) is 3.11. The van der Waals surface area contributed by atoms with Gasteiger partial charge in [-0.2, -0.15) is 0 Å². The molecule has 0 aliphatic rings. The fraction of sp³-hybridized carbons (Fsp3) is 0.375. The van der Waals surface area contributed by atoms with Gasteiger partial charge in [0.15, 0.2) is 5.96 Å². The van der Waals surface area contributed by atoms with Crippen LogP contribution in [-0.2, 0) is 6.54 Å². The van der Waals surface area contributed by atoms with Crippen LogP contribution in [0.15, 0.2) is 48.2 Å². The van der Waals surface area contributed by atoms with Gasteiger partial charge in [-0.3, -0.25) is 4.99 Å². The van der Waals surface area contributed by atoms with Crippen molar-refractivity contribution in [2.24, 2.45) is 4.99 Å². The van der Waals surface area contributed by atoms with Gasteiger partial charge in [0.25, 0.3) is 0 Å². The predicted molar refractivity (Wildman–Crippen MR) is 88.5 cm³/mol. The second-order valence-corrected chi connectivity index (χ2v) is 4.71. The van der Waals surface area contributed by atoms with E-state index >= 15 is 0 Å². The summed E-state index contributed by atoms with van der Waals surface area (Å²) in [6.45, 7) is 9.03. The molecule has 2 N–H and O–H groups in total. The molecule has 21 heavy (non-hydrogen) atoms. The van der Waals surface area contributed by atoms with Crippen molar-refractivity contribution in [2.45, 2.75) is 19.9 Å². The number of aromatic nitrogens is 2. The number of guanidine groups is 1. The summed E-state index contributed by atoms with van der Waals surface area (Å²) in [6, 6.07) is 8.19. The Balaban J connectivity index is 1.86. The summed E-state index contributed by atoms with van der Waals surface area (Å²) in [6.07, 6.45) is 4.70. The molecule has 0 bridgehead atoms. The van der Waals surface area contributed by atoms with Gasteiger partial charge < -0.3 is 15.2 Å². The van der Waals surface area contributed by atoms with Crippen LogP contribution < -0.4 is 10.6 Å². The van der Waals surface area contributed by atoms with E-state index in [1.165, 1.54) is 5.52 Å². The number of para-hydroxylation sites is 2. The average Bonchev–Trinajstić information content (AvgIpc) is 2.92. The van der Waals surface area contributed by atoms with E-state index in [2.05, 4.69) is 44.7 Å². The molecule has 0 radical (unpaired) electrons. The normalized spacial score (nSPS) is 11.6. The number of benzene rings is 1. The van der Waals surface area contributed by atoms with Crippen molar-refractivity contribution in [1.82, 2.24) is 20.2 Å². The monoisotopic (exact) mass is 285 g/mol. The molecule has 2 aromatic rings. The summed E-state index contributed by atoms with van der Waals surface area (Å²) in [4.78, 5) is 8.94. The highest BCUT2D eigenvalue weighted by atomic mass is 15.2. The summed E-state index contributed by atoms with van der Waals surface area (Å²) in [5.74, 6) is 0.841. The summed E-state index contributed by atoms with van der Waals surface area (Å²) in [7, 11) is 0. The molecule has 1 aromatic heterocycles. The molecule has 0 unspecified atom stereocenters. The van der Waals surface area contributed by atoms with Gasteiger partial charge in [0, 0.05) is 26.2 Å². The highest BCUT2D eigenvalue weighted by Crippen LogP contribution is 2.11. The van der Waals surface area contributed by atoms with Gasteiger partial charge in [0.05, 0.1) is 17.4 Å². The van der Waals surface area contributed by atoms with Crippen LogP contribution in [0.3, 0.4) is 0 Å². The van der Waals surface area contributed by atoms with Crippen LogP contribution in [0.4, 0.5) is 0 Å². The lowest BCUT2D eigenvalue weighted by atomic mass is 10.3. The number of nitrogens with one attached hydrogen (secondary N) is 2. The van der Waals surface area contributed by atoms with Crippen molar-refractivity contribution in [3.63, 3.8) is 0 Å². The molecule has 1 heterocycles. The minimum absolute atomic E-state index is 0.720. The van der Waals surface area contributed by atoms with Gasteiger partial charge in [-0.1, -0.05) is 18.2 Å². The Morgan fingerprint density at radius 2 is 2.24 bits per heavy atom. The fourth-order valence-electron chi connectivity index (χ4n) is 2.13. The third kappa shape index (κ3) is 4.34. The zero-order valence-electron chi connectivity index (χ0n) is 12.5. The Bertz CT molecular complexity index is 599. The maximum absolute atomic E-state index is 4.54. The van der Waals surface area contributed by atoms with Crippen LogP contribution in [0.25, 0.3) is 11.0 Å². The summed E-state index contributed by atoms with van der Waals surface area (Å²) in [5, 5.41) is 6.41. The minimum Gasteiger partial charge on any atom is -0.357 e. The van der Waals surface area contributed by atoms with Crippen molar-refractivity contribution < 1.29 is 0 Å². The smallest absolute Gasteiger partial charge is 0.191 e. The quantitative estimate of drug-likeness (QED) is 0.355. The van der Waals surface area contributed by atoms with E-state index in [1.807, 2.05) is 30.6 Å². The highest BCUT2D eigenvalue weighted by Gasteiger charge is 2.00. The van der Waals surface area contributed by atoms with Gasteiger partial charge in [-0.25, -0.2) is 4.98 Å². The number of aliphatic imine (C=N–C) groups is 1. The Morgan fingerprint density at radius 3 is 3.05 bits per heavy atom. The van der Waals surface area contributed by atoms with E-state index in [9.17, 15) is 0 Å². The number of aryl methyl sites for hydroxylation is 1. The lowest BCUT2D eigenvalue weighted by Gasteiger charge is -2.09. The van der Waals surface area contributed by atoms with Crippen LogP contribution in [0, 0.1) is 0 Å². The fourth-order valence-corrected chi connectivity index (χ4v) is 2.13. The molecule has 0 aliphatic carbocycles. The second-order valence-electron chi connectivity index (χ2n) is 4.71. The number of fused-ring (bicyclic) bond motifs is 1. The Morgan fingerprint density at radius 1 is 1.38 bits per heavy atom. The van der Waals surface area contributed by atoms with Gasteiger partial charge in [0.2, 0.25) is 0 Å². The molecular formula is C16H23N5. The average molecular weight is 285 g/mol. The van der Waals surface area contributed by atoms with Crippen molar-refractivity contribution in [1.29, 1.82) is 0 Å². The van der Waals surface area contributed by atoms with E-state index in [1.54, 1.807) is 0 Å². The molecule has 5 heteroatoms. The van der Waals surface area contributed by atoms with Crippen molar-refractivity contribution in [3.05, 3.63) is 43.2 Å². The molecule has 0 aliphatic heterocycles. The number of imidazole rings is 1. The van der Waals surface area contributed by atoms with E-state index in [-0.39, 0.29) is 0 Å². The molecule has 0 saturated carbocycles. The molecule has 0 spiro atoms. The first kappa shape index (κ1) is 15.1. The number of nitrogens with zero attached hydrogens (tertiary/aromatic N) is 3. The molecule has 2 rings (SSSR count). The SMILES string of the molecule is C=CCNC(=NCCCn1cnc2ccccc21)NCC. The van der Waals surface area contributed by atoms with E-state index < -0.39 is 0 Å². The van der Waals surface area contributed by atoms with Crippen LogP contribution in [0.2, 0.25) is 0 Å². The highest BCUT2D eigenvalue weighted by molar-refractivity contribution is 5.79. The van der Waals surface area contributed by atoms with E-state index in [0.717, 1.165) is 44.1 Å². The van der Waals surface area contributed by atoms with Crippen molar-refractivity contribution in [2.75, 3.05) is 19.6 Å². The van der Waals surface area contributed by atoms with Crippen LogP contribution in [0.5, 0.6) is 0 Å². The Kier molecular flexibility index (Phi) is 5.82. The van der Waals surface area contributed by atoms with Gasteiger partial charge in [-0.15, -0.1) is 6.58 Å². The molecule has 0 fully saturated rings. The molecular weight excluding hydrogens is 262 g/mol. The number of hydrogen-bond donors (Lipinski definition) is 2. The van der Waals surface area contributed by atoms with Crippen molar-refractivity contribution >= 4 is 17.0 Å². The first-order valence-corrected chi connectivity index (χ1v) is 7.38. The lowest BCUT2D eigenvalue weighted by Crippen LogP contribution is -2.37. The molecule has 112 valence electrons. The summed E-state index contributed by atoms with van der Waals surface area (Å²) >= 11 is 0. The molecule has 0 amide bonds. The maximum atomic E-state index is 4.54. The molecule has 0 atom stereocenters. The number of hydrogen-bond acceptors (Lipinski definition) is 2. The minimum atomic E-state index is 0.720. The second kappa shape index (κ2) is 8.09. The van der Waals surface area contributed by atoms with E-state index in [0.29, 0.717) is 0 Å². The Hall–Kier alpha value is -2.30. The predicted octanol–water partition coefficient (Wildman–Crippen LogP) is 2.17. The summed E-state index contributed by atoms with van der Waals surface area (Å²) in [5.41, 5.74) is 2.22. The maximum Gasteiger partial charge on any atom is 0.191 e. The molecule has 5 nitrogen and oxygen atoms in total. The van der Waals surface area contributed by atoms with Crippen LogP contribution >= 0.6 is 0 Å². The first-order chi connectivity index (χ1) is 10.3. The molecule has 1 aromatic carbocycles. The largest absolute Gasteiger partial charge is 0.357 e. The third-order valence-corrected chi connectivity index (χ3v) is 3.11. The van der Waals surface area contributed by atoms with Crippen LogP contribution in [-0.4, -0.2) is 35.1 Å². The standard InChI is InChI=1S/C16H23N5/c1-3-10-18-16(17-4-2)19-11-7-12-21-13-20-14-8-5-6-9-15(14)21/h3,5-6,8-9,13H,1,4,7,10-12H2,2H3,(H2,17,18,19).